The monoisotopic (exact) mass is 590 g/mol. The molecule has 5 aromatic rings. The minimum Gasteiger partial charge on any atom is -0.379 e. The molecule has 44 heavy (non-hydrogen) atoms. The maximum absolute atomic E-state index is 13.8. The lowest BCUT2D eigenvalue weighted by atomic mass is 10.00. The Morgan fingerprint density at radius 3 is 2.43 bits per heavy atom. The molecule has 228 valence electrons. The topological polar surface area (TPSA) is 76.7 Å². The predicted molar refractivity (Wildman–Crippen MR) is 178 cm³/mol. The normalized spacial score (nSPS) is 14.5. The number of aromatic amines is 1. The minimum absolute atomic E-state index is 0.0406. The van der Waals surface area contributed by atoms with Crippen molar-refractivity contribution in [1.29, 1.82) is 0 Å². The Hall–Kier alpha value is -4.40. The van der Waals surface area contributed by atoms with Crippen molar-refractivity contribution in [3.8, 4) is 0 Å². The van der Waals surface area contributed by atoms with E-state index >= 15 is 0 Å². The highest BCUT2D eigenvalue weighted by molar-refractivity contribution is 5.86. The molecule has 1 aliphatic rings. The first-order valence-electron chi connectivity index (χ1n) is 15.6. The Kier molecular flexibility index (Phi) is 9.39. The van der Waals surface area contributed by atoms with Crippen molar-refractivity contribution in [3.05, 3.63) is 108 Å². The number of imidazole rings is 1. The Morgan fingerprint density at radius 2 is 1.64 bits per heavy atom. The van der Waals surface area contributed by atoms with Crippen LogP contribution in [0.25, 0.3) is 21.8 Å². The molecule has 4 aromatic carbocycles. The molecule has 0 bridgehead atoms. The first kappa shape index (κ1) is 29.7. The third-order valence-electron chi connectivity index (χ3n) is 8.48. The number of carbonyl (C=O) groups excluding carboxylic acids is 1. The van der Waals surface area contributed by atoms with Crippen LogP contribution in [0.15, 0.2) is 91.0 Å². The van der Waals surface area contributed by atoms with Gasteiger partial charge in [0.1, 0.15) is 0 Å². The molecule has 0 radical (unpaired) electrons. The largest absolute Gasteiger partial charge is 0.379 e. The highest BCUT2D eigenvalue weighted by Gasteiger charge is 2.19. The molecule has 1 fully saturated rings. The summed E-state index contributed by atoms with van der Waals surface area (Å²) < 4.78 is 5.51. The van der Waals surface area contributed by atoms with E-state index in [1.54, 1.807) is 0 Å². The standard InChI is InChI=1S/C36H42N6O2/c1-27(31-12-7-10-30-9-3-4-11-32(30)31)37-36(43)42(20-8-19-41-21-23-44-24-22-41)26-29-17-15-28(16-18-29)25-40(2)35-38-33-13-5-6-14-34(33)39-35/h3-7,9-18,27H,8,19-26H2,1-2H3,(H,37,43)(H,38,39)/t27-/m0/s1. The second-order valence-corrected chi connectivity index (χ2v) is 11.7. The number of nitrogens with zero attached hydrogens (tertiary/aromatic N) is 4. The number of nitrogens with one attached hydrogen (secondary N) is 2. The number of fused-ring (bicyclic) bond motifs is 2. The fourth-order valence-corrected chi connectivity index (χ4v) is 5.98. The SMILES string of the molecule is C[C@H](NC(=O)N(CCCN1CCOCC1)Cc1ccc(CN(C)c2nc3ccccc3[nH]2)cc1)c1cccc2ccccc12. The van der Waals surface area contributed by atoms with Crippen molar-refractivity contribution < 1.29 is 9.53 Å². The summed E-state index contributed by atoms with van der Waals surface area (Å²) in [6, 6.07) is 31.1. The molecule has 0 spiro atoms. The van der Waals surface area contributed by atoms with E-state index in [2.05, 4.69) is 87.7 Å². The zero-order chi connectivity index (χ0) is 30.3. The van der Waals surface area contributed by atoms with Gasteiger partial charge in [-0.25, -0.2) is 9.78 Å². The van der Waals surface area contributed by atoms with Gasteiger partial charge in [-0.1, -0.05) is 78.9 Å². The van der Waals surface area contributed by atoms with Crippen molar-refractivity contribution in [1.82, 2.24) is 25.1 Å². The van der Waals surface area contributed by atoms with Gasteiger partial charge in [0, 0.05) is 46.3 Å². The number of ether oxygens (including phenoxy) is 1. The molecule has 6 rings (SSSR count). The molecule has 1 saturated heterocycles. The third kappa shape index (κ3) is 7.21. The van der Waals surface area contributed by atoms with Gasteiger partial charge in [0.25, 0.3) is 0 Å². The van der Waals surface area contributed by atoms with Gasteiger partial charge in [0.15, 0.2) is 0 Å². The van der Waals surface area contributed by atoms with Crippen LogP contribution in [-0.4, -0.2) is 72.2 Å². The number of hydrogen-bond donors (Lipinski definition) is 2. The molecule has 2 N–H and O–H groups in total. The van der Waals surface area contributed by atoms with E-state index in [4.69, 9.17) is 9.72 Å². The first-order valence-corrected chi connectivity index (χ1v) is 15.6. The van der Waals surface area contributed by atoms with Crippen LogP contribution in [0.3, 0.4) is 0 Å². The molecule has 0 unspecified atom stereocenters. The number of carbonyl (C=O) groups is 1. The summed E-state index contributed by atoms with van der Waals surface area (Å²) in [5, 5.41) is 5.65. The average Bonchev–Trinajstić information content (AvgIpc) is 3.50. The first-order chi connectivity index (χ1) is 21.5. The molecule has 1 atom stereocenters. The van der Waals surface area contributed by atoms with Gasteiger partial charge in [-0.3, -0.25) is 4.90 Å². The van der Waals surface area contributed by atoms with E-state index in [1.165, 1.54) is 16.3 Å². The van der Waals surface area contributed by atoms with E-state index in [0.717, 1.165) is 73.9 Å². The highest BCUT2D eigenvalue weighted by atomic mass is 16.5. The van der Waals surface area contributed by atoms with Crippen molar-refractivity contribution in [2.75, 3.05) is 51.3 Å². The van der Waals surface area contributed by atoms with Crippen molar-refractivity contribution in [2.24, 2.45) is 0 Å². The highest BCUT2D eigenvalue weighted by Crippen LogP contribution is 2.24. The number of morpholine rings is 1. The van der Waals surface area contributed by atoms with Crippen LogP contribution in [-0.2, 0) is 17.8 Å². The number of benzene rings is 4. The van der Waals surface area contributed by atoms with Crippen molar-refractivity contribution in [2.45, 2.75) is 32.5 Å². The van der Waals surface area contributed by atoms with Gasteiger partial charge in [-0.05, 0) is 52.9 Å². The molecule has 8 heteroatoms. The van der Waals surface area contributed by atoms with E-state index in [-0.39, 0.29) is 12.1 Å². The van der Waals surface area contributed by atoms with Crippen LogP contribution in [0.1, 0.15) is 36.1 Å². The Morgan fingerprint density at radius 1 is 0.932 bits per heavy atom. The Labute approximate surface area is 259 Å². The lowest BCUT2D eigenvalue weighted by molar-refractivity contribution is 0.0364. The van der Waals surface area contributed by atoms with Crippen LogP contribution >= 0.6 is 0 Å². The van der Waals surface area contributed by atoms with Gasteiger partial charge in [0.05, 0.1) is 30.3 Å². The maximum Gasteiger partial charge on any atom is 0.318 e. The summed E-state index contributed by atoms with van der Waals surface area (Å²) in [4.78, 5) is 28.4. The van der Waals surface area contributed by atoms with Crippen LogP contribution in [0.5, 0.6) is 0 Å². The van der Waals surface area contributed by atoms with Crippen molar-refractivity contribution in [3.63, 3.8) is 0 Å². The number of urea groups is 1. The lowest BCUT2D eigenvalue weighted by Gasteiger charge is -2.29. The summed E-state index contributed by atoms with van der Waals surface area (Å²) in [7, 11) is 2.04. The third-order valence-corrected chi connectivity index (χ3v) is 8.48. The van der Waals surface area contributed by atoms with E-state index in [0.29, 0.717) is 13.1 Å². The number of anilines is 1. The number of amides is 2. The van der Waals surface area contributed by atoms with Gasteiger partial charge < -0.3 is 24.8 Å². The smallest absolute Gasteiger partial charge is 0.318 e. The average molecular weight is 591 g/mol. The molecular formula is C36H42N6O2. The van der Waals surface area contributed by atoms with E-state index in [1.807, 2.05) is 42.3 Å². The van der Waals surface area contributed by atoms with Crippen LogP contribution in [0.2, 0.25) is 0 Å². The summed E-state index contributed by atoms with van der Waals surface area (Å²) in [6.07, 6.45) is 0.913. The molecule has 0 aliphatic carbocycles. The van der Waals surface area contributed by atoms with E-state index < -0.39 is 0 Å². The summed E-state index contributed by atoms with van der Waals surface area (Å²) in [6.45, 7) is 8.46. The van der Waals surface area contributed by atoms with Gasteiger partial charge in [-0.15, -0.1) is 0 Å². The van der Waals surface area contributed by atoms with Crippen LogP contribution < -0.4 is 10.2 Å². The van der Waals surface area contributed by atoms with E-state index in [9.17, 15) is 4.79 Å². The molecule has 0 saturated carbocycles. The lowest BCUT2D eigenvalue weighted by Crippen LogP contribution is -2.43. The fourth-order valence-electron chi connectivity index (χ4n) is 5.98. The zero-order valence-electron chi connectivity index (χ0n) is 25.7. The van der Waals surface area contributed by atoms with Crippen molar-refractivity contribution >= 4 is 33.8 Å². The molecule has 1 aliphatic heterocycles. The number of hydrogen-bond acceptors (Lipinski definition) is 5. The maximum atomic E-state index is 13.8. The number of para-hydroxylation sites is 2. The minimum atomic E-state index is -0.119. The quantitative estimate of drug-likeness (QED) is 0.188. The second-order valence-electron chi connectivity index (χ2n) is 11.7. The molecular weight excluding hydrogens is 548 g/mol. The number of aromatic nitrogens is 2. The Bertz CT molecular complexity index is 1640. The molecule has 8 nitrogen and oxygen atoms in total. The molecule has 2 amide bonds. The molecule has 1 aromatic heterocycles. The summed E-state index contributed by atoms with van der Waals surface area (Å²) in [5.41, 5.74) is 5.42. The van der Waals surface area contributed by atoms with Gasteiger partial charge in [0.2, 0.25) is 5.95 Å². The Balaban J connectivity index is 1.12. The summed E-state index contributed by atoms with van der Waals surface area (Å²) in [5.74, 6) is 0.846. The number of H-pyrrole nitrogens is 1. The second kappa shape index (κ2) is 13.9. The number of rotatable bonds is 11. The van der Waals surface area contributed by atoms with Crippen LogP contribution in [0, 0.1) is 0 Å². The predicted octanol–water partition coefficient (Wildman–Crippen LogP) is 6.35. The molecule has 2 heterocycles. The van der Waals surface area contributed by atoms with Gasteiger partial charge >= 0.3 is 6.03 Å². The fraction of sp³-hybridized carbons (Fsp3) is 0.333. The summed E-state index contributed by atoms with van der Waals surface area (Å²) >= 11 is 0. The van der Waals surface area contributed by atoms with Gasteiger partial charge in [-0.2, -0.15) is 0 Å². The zero-order valence-corrected chi connectivity index (χ0v) is 25.7. The van der Waals surface area contributed by atoms with Crippen LogP contribution in [0.4, 0.5) is 10.7 Å².